The number of aromatic nitrogens is 2. The van der Waals surface area contributed by atoms with Crippen LogP contribution in [0.25, 0.3) is 0 Å². The zero-order valence-corrected chi connectivity index (χ0v) is 20.1. The second kappa shape index (κ2) is 7.29. The van der Waals surface area contributed by atoms with Crippen molar-refractivity contribution in [1.29, 1.82) is 0 Å². The Hall–Kier alpha value is -1.42. The van der Waals surface area contributed by atoms with E-state index in [2.05, 4.69) is 10.3 Å². The topological polar surface area (TPSA) is 119 Å². The second-order valence-corrected chi connectivity index (χ2v) is 14.2. The first kappa shape index (κ1) is 22.4. The molecule has 0 radical (unpaired) electrons. The van der Waals surface area contributed by atoms with Crippen molar-refractivity contribution in [2.24, 2.45) is 11.8 Å². The van der Waals surface area contributed by atoms with Crippen molar-refractivity contribution in [1.82, 2.24) is 14.9 Å². The van der Waals surface area contributed by atoms with Gasteiger partial charge in [-0.2, -0.15) is 10.6 Å². The van der Waals surface area contributed by atoms with Gasteiger partial charge in [0.05, 0.1) is 28.4 Å². The summed E-state index contributed by atoms with van der Waals surface area (Å²) >= 11 is 0. The molecule has 1 aliphatic heterocycles. The highest BCUT2D eigenvalue weighted by atomic mass is 32.3. The summed E-state index contributed by atoms with van der Waals surface area (Å²) < 4.78 is 19.8. The molecule has 1 amide bonds. The third kappa shape index (κ3) is 4.13. The highest BCUT2D eigenvalue weighted by molar-refractivity contribution is 8.24. The fourth-order valence-electron chi connectivity index (χ4n) is 6.87. The minimum atomic E-state index is -2.56. The lowest BCUT2D eigenvalue weighted by atomic mass is 9.51. The van der Waals surface area contributed by atoms with Crippen molar-refractivity contribution in [3.8, 4) is 0 Å². The highest BCUT2D eigenvalue weighted by Crippen LogP contribution is 2.58. The number of nitrogens with zero attached hydrogens (tertiary/aromatic N) is 3. The monoisotopic (exact) mass is 464 g/mol. The van der Waals surface area contributed by atoms with E-state index >= 15 is 0 Å². The Morgan fingerprint density at radius 3 is 2.34 bits per heavy atom. The summed E-state index contributed by atoms with van der Waals surface area (Å²) in [6, 6.07) is 0. The molecule has 9 heteroatoms. The number of carbonyl (C=O) groups is 1. The maximum atomic E-state index is 13.3. The lowest BCUT2D eigenvalue weighted by Gasteiger charge is -2.60. The number of aliphatic hydroxyl groups is 1. The van der Waals surface area contributed by atoms with E-state index in [1.54, 1.807) is 11.1 Å². The van der Waals surface area contributed by atoms with Crippen molar-refractivity contribution in [2.45, 2.75) is 75.9 Å². The molecule has 4 saturated carbocycles. The van der Waals surface area contributed by atoms with Crippen molar-refractivity contribution in [2.75, 3.05) is 29.9 Å². The zero-order valence-electron chi connectivity index (χ0n) is 19.3. The fourth-order valence-corrected chi connectivity index (χ4v) is 8.10. The molecule has 4 bridgehead atoms. The van der Waals surface area contributed by atoms with Crippen molar-refractivity contribution in [3.63, 3.8) is 0 Å². The molecule has 6 rings (SSSR count). The number of rotatable bonds is 3. The minimum Gasteiger partial charge on any atom is -0.390 e. The van der Waals surface area contributed by atoms with Gasteiger partial charge in [-0.1, -0.05) is 20.8 Å². The van der Waals surface area contributed by atoms with E-state index < -0.39 is 16.2 Å². The van der Waals surface area contributed by atoms with Crippen LogP contribution in [0.2, 0.25) is 0 Å². The molecule has 178 valence electrons. The molecule has 1 aromatic heterocycles. The van der Waals surface area contributed by atoms with Crippen molar-refractivity contribution < 1.29 is 19.0 Å². The largest absolute Gasteiger partial charge is 0.390 e. The van der Waals surface area contributed by atoms with E-state index in [1.165, 1.54) is 6.42 Å². The Kier molecular flexibility index (Phi) is 5.10. The summed E-state index contributed by atoms with van der Waals surface area (Å²) in [5, 5.41) is 14.7. The van der Waals surface area contributed by atoms with Gasteiger partial charge in [0.25, 0.3) is 5.91 Å². The Morgan fingerprint density at radius 1 is 1.16 bits per heavy atom. The summed E-state index contributed by atoms with van der Waals surface area (Å²) in [6.07, 6.45) is 7.49. The lowest BCUT2D eigenvalue weighted by Crippen LogP contribution is -2.62. The number of amides is 1. The Bertz CT molecular complexity index is 907. The van der Waals surface area contributed by atoms with E-state index in [9.17, 15) is 19.0 Å². The van der Waals surface area contributed by atoms with Gasteiger partial charge in [0.2, 0.25) is 5.95 Å². The van der Waals surface area contributed by atoms with Gasteiger partial charge in [-0.25, -0.2) is 9.97 Å². The van der Waals surface area contributed by atoms with E-state index in [0.717, 1.165) is 32.1 Å². The molecule has 2 atom stereocenters. The molecule has 5 fully saturated rings. The minimum absolute atomic E-state index is 0.152. The smallest absolute Gasteiger partial charge is 0.257 e. The maximum absolute atomic E-state index is 13.3. The molecule has 0 spiro atoms. The van der Waals surface area contributed by atoms with Gasteiger partial charge in [-0.05, 0) is 50.4 Å². The standard InChI is InChI=1S/C23H36N4O4S/c1-21(2,3)18-17(19(28)27-4-6-32(30,31)7-5-27)13-24-20(25-18)26-22-9-15-8-16(10-22)12-23(29,11-15)14-22/h13,15-16,29-31H,4-12,14H2,1-3H3,(H,24,25,26). The van der Waals surface area contributed by atoms with Gasteiger partial charge in [-0.3, -0.25) is 13.9 Å². The molecule has 1 saturated heterocycles. The first-order valence-corrected chi connectivity index (χ1v) is 13.6. The normalized spacial score (nSPS) is 36.8. The quantitative estimate of drug-likeness (QED) is 0.541. The zero-order chi connectivity index (χ0) is 22.9. The third-order valence-electron chi connectivity index (χ3n) is 7.80. The van der Waals surface area contributed by atoms with Crippen LogP contribution in [0.4, 0.5) is 5.95 Å². The summed E-state index contributed by atoms with van der Waals surface area (Å²) in [4.78, 5) is 24.3. The SMILES string of the molecule is CC(C)(C)c1nc(NC23CC4CC(CC(O)(C4)C2)C3)ncc1C(=O)N1CCS(O)(O)CC1. The van der Waals surface area contributed by atoms with Crippen LogP contribution in [0.15, 0.2) is 6.20 Å². The van der Waals surface area contributed by atoms with E-state index in [0.29, 0.717) is 42.1 Å². The number of hydrogen-bond acceptors (Lipinski definition) is 7. The molecule has 2 heterocycles. The molecule has 5 aliphatic rings. The Morgan fingerprint density at radius 2 is 1.78 bits per heavy atom. The molecule has 1 aromatic rings. The summed E-state index contributed by atoms with van der Waals surface area (Å²) in [5.41, 5.74) is 0.0834. The van der Waals surface area contributed by atoms with Gasteiger partial charge in [0.1, 0.15) is 0 Å². The van der Waals surface area contributed by atoms with Crippen LogP contribution in [0.5, 0.6) is 0 Å². The molecule has 2 unspecified atom stereocenters. The second-order valence-electron chi connectivity index (χ2n) is 11.8. The summed E-state index contributed by atoms with van der Waals surface area (Å²) in [6.45, 7) is 6.77. The van der Waals surface area contributed by atoms with Crippen LogP contribution in [-0.2, 0) is 5.41 Å². The molecule has 32 heavy (non-hydrogen) atoms. The van der Waals surface area contributed by atoms with Crippen LogP contribution < -0.4 is 5.32 Å². The highest BCUT2D eigenvalue weighted by Gasteiger charge is 2.57. The van der Waals surface area contributed by atoms with Gasteiger partial charge in [0, 0.05) is 30.2 Å². The van der Waals surface area contributed by atoms with Gasteiger partial charge >= 0.3 is 0 Å². The van der Waals surface area contributed by atoms with Crippen LogP contribution in [-0.4, -0.2) is 70.7 Å². The fraction of sp³-hybridized carbons (Fsp3) is 0.783. The predicted molar refractivity (Wildman–Crippen MR) is 125 cm³/mol. The maximum Gasteiger partial charge on any atom is 0.257 e. The van der Waals surface area contributed by atoms with E-state index in [1.807, 2.05) is 20.8 Å². The van der Waals surface area contributed by atoms with Crippen LogP contribution in [0.1, 0.15) is 75.3 Å². The van der Waals surface area contributed by atoms with E-state index in [4.69, 9.17) is 4.98 Å². The lowest BCUT2D eigenvalue weighted by molar-refractivity contribution is -0.127. The Labute approximate surface area is 191 Å². The molecule has 4 aliphatic carbocycles. The first-order chi connectivity index (χ1) is 14.9. The summed E-state index contributed by atoms with van der Waals surface area (Å²) in [5.74, 6) is 1.94. The molecular formula is C23H36N4O4S. The number of carbonyl (C=O) groups excluding carboxylic acids is 1. The van der Waals surface area contributed by atoms with Crippen LogP contribution in [0, 0.1) is 11.8 Å². The molecule has 4 N–H and O–H groups in total. The average molecular weight is 465 g/mol. The van der Waals surface area contributed by atoms with Crippen molar-refractivity contribution >= 4 is 22.4 Å². The third-order valence-corrected chi connectivity index (χ3v) is 9.47. The van der Waals surface area contributed by atoms with E-state index in [-0.39, 0.29) is 28.4 Å². The number of nitrogens with one attached hydrogen (secondary N) is 1. The molecule has 8 nitrogen and oxygen atoms in total. The van der Waals surface area contributed by atoms with Gasteiger partial charge in [0.15, 0.2) is 0 Å². The van der Waals surface area contributed by atoms with Gasteiger partial charge in [-0.15, -0.1) is 0 Å². The van der Waals surface area contributed by atoms with Crippen LogP contribution in [0.3, 0.4) is 0 Å². The summed E-state index contributed by atoms with van der Waals surface area (Å²) in [7, 11) is -2.56. The Balaban J connectivity index is 1.41. The molecule has 0 aromatic carbocycles. The predicted octanol–water partition coefficient (Wildman–Crippen LogP) is 3.48. The van der Waals surface area contributed by atoms with Crippen molar-refractivity contribution in [3.05, 3.63) is 17.5 Å². The number of hydrogen-bond donors (Lipinski definition) is 4. The number of anilines is 1. The van der Waals surface area contributed by atoms with Gasteiger partial charge < -0.3 is 15.3 Å². The first-order valence-electron chi connectivity index (χ1n) is 11.8. The average Bonchev–Trinajstić information content (AvgIpc) is 2.64. The molecular weight excluding hydrogens is 428 g/mol. The van der Waals surface area contributed by atoms with Crippen LogP contribution >= 0.6 is 10.6 Å².